The molecule has 0 saturated heterocycles. The van der Waals surface area contributed by atoms with Gasteiger partial charge in [0, 0.05) is 17.0 Å². The van der Waals surface area contributed by atoms with E-state index in [-0.39, 0.29) is 24.4 Å². The highest BCUT2D eigenvalue weighted by atomic mass is 35.5. The summed E-state index contributed by atoms with van der Waals surface area (Å²) in [5.41, 5.74) is 1.82. The maximum atomic E-state index is 11.9. The summed E-state index contributed by atoms with van der Waals surface area (Å²) >= 11 is 6.51. The molecule has 2 aromatic carbocycles. The van der Waals surface area contributed by atoms with Crippen LogP contribution in [-0.4, -0.2) is 41.7 Å². The number of ether oxygens (including phenoxy) is 2. The predicted octanol–water partition coefficient (Wildman–Crippen LogP) is 5.00. The van der Waals surface area contributed by atoms with Crippen LogP contribution < -0.4 is 20.1 Å². The van der Waals surface area contributed by atoms with Crippen molar-refractivity contribution in [3.8, 4) is 11.5 Å². The van der Waals surface area contributed by atoms with E-state index in [9.17, 15) is 9.70 Å². The Kier molecular flexibility index (Phi) is 8.80. The molecule has 1 amide bonds. The molecule has 0 unspecified atom stereocenters. The number of amidine groups is 1. The molecule has 3 N–H and O–H groups in total. The molecule has 0 spiro atoms. The van der Waals surface area contributed by atoms with Gasteiger partial charge in [0.05, 0.1) is 29.5 Å². The van der Waals surface area contributed by atoms with E-state index in [0.29, 0.717) is 40.0 Å². The van der Waals surface area contributed by atoms with E-state index in [0.717, 1.165) is 10.9 Å². The zero-order valence-corrected chi connectivity index (χ0v) is 20.6. The lowest BCUT2D eigenvalue weighted by atomic mass is 10.2. The molecule has 1 aromatic heterocycles. The minimum atomic E-state index is -0.254. The molecule has 0 aliphatic heterocycles. The van der Waals surface area contributed by atoms with Gasteiger partial charge in [0.15, 0.2) is 18.1 Å². The second-order valence-electron chi connectivity index (χ2n) is 7.78. The number of nitrogens with zero attached hydrogens (tertiary/aromatic N) is 3. The van der Waals surface area contributed by atoms with Crippen molar-refractivity contribution < 1.29 is 14.3 Å². The second-order valence-corrected chi connectivity index (χ2v) is 8.16. The highest BCUT2D eigenvalue weighted by molar-refractivity contribution is 6.38. The van der Waals surface area contributed by atoms with Gasteiger partial charge in [0.2, 0.25) is 5.84 Å². The average molecular weight is 499 g/mol. The Hall–Kier alpha value is -3.92. The number of benzene rings is 2. The summed E-state index contributed by atoms with van der Waals surface area (Å²) in [6, 6.07) is 8.42. The first-order valence-electron chi connectivity index (χ1n) is 11.0. The maximum Gasteiger partial charge on any atom is 0.258 e. The second kappa shape index (κ2) is 12.0. The first-order valence-corrected chi connectivity index (χ1v) is 11.3. The number of methoxy groups -OCH3 is 1. The Morgan fingerprint density at radius 1 is 1.26 bits per heavy atom. The molecule has 3 aromatic rings. The predicted molar refractivity (Wildman–Crippen MR) is 137 cm³/mol. The molecule has 0 saturated carbocycles. The van der Waals surface area contributed by atoms with Crippen LogP contribution in [0.3, 0.4) is 0 Å². The third-order valence-corrected chi connectivity index (χ3v) is 5.17. The van der Waals surface area contributed by atoms with Gasteiger partial charge in [0.1, 0.15) is 5.82 Å². The molecule has 1 heterocycles. The molecule has 3 rings (SSSR count). The Balaban J connectivity index is 1.85. The Bertz CT molecular complexity index is 1270. The van der Waals surface area contributed by atoms with Crippen molar-refractivity contribution in [1.82, 2.24) is 15.5 Å². The number of rotatable bonds is 10. The molecule has 0 atom stereocenters. The van der Waals surface area contributed by atoms with E-state index in [1.807, 2.05) is 32.9 Å². The molecule has 184 valence electrons. The normalized spacial score (nSPS) is 12.1. The van der Waals surface area contributed by atoms with Crippen molar-refractivity contribution in [3.05, 3.63) is 63.9 Å². The van der Waals surface area contributed by atoms with Crippen LogP contribution in [0.5, 0.6) is 11.5 Å². The summed E-state index contributed by atoms with van der Waals surface area (Å²) in [6.07, 6.45) is 4.09. The Morgan fingerprint density at radius 2 is 2.06 bits per heavy atom. The third kappa shape index (κ3) is 6.57. The number of allylic oxidation sites excluding steroid dienone is 1. The van der Waals surface area contributed by atoms with Gasteiger partial charge < -0.3 is 20.1 Å². The van der Waals surface area contributed by atoms with Gasteiger partial charge in [-0.25, -0.2) is 4.99 Å². The SMILES string of the molecule is CC/C=C(/N=C(\N=O)c1ccc(OCC(=O)NC(C)C)c(OC)c1)Nc1ccc2[nH]ncc2c1Cl. The number of halogens is 1. The maximum absolute atomic E-state index is 11.9. The molecule has 10 nitrogen and oxygen atoms in total. The Labute approximate surface area is 207 Å². The van der Waals surface area contributed by atoms with Crippen molar-refractivity contribution in [2.45, 2.75) is 33.2 Å². The van der Waals surface area contributed by atoms with E-state index in [2.05, 4.69) is 31.0 Å². The lowest BCUT2D eigenvalue weighted by molar-refractivity contribution is -0.123. The monoisotopic (exact) mass is 498 g/mol. The number of fused-ring (bicyclic) bond motifs is 1. The van der Waals surface area contributed by atoms with Gasteiger partial charge in [-0.3, -0.25) is 9.89 Å². The molecule has 0 radical (unpaired) electrons. The molecular weight excluding hydrogens is 472 g/mol. The number of carbonyl (C=O) groups excluding carboxylic acids is 1. The average Bonchev–Trinajstić information content (AvgIpc) is 3.32. The van der Waals surface area contributed by atoms with Crippen molar-refractivity contribution in [1.29, 1.82) is 0 Å². The van der Waals surface area contributed by atoms with Crippen LogP contribution in [0.1, 0.15) is 32.8 Å². The van der Waals surface area contributed by atoms with Crippen molar-refractivity contribution >= 4 is 39.9 Å². The molecule has 0 bridgehead atoms. The number of aliphatic imine (C=N–C) groups is 1. The number of anilines is 1. The summed E-state index contributed by atoms with van der Waals surface area (Å²) in [5, 5.41) is 17.1. The highest BCUT2D eigenvalue weighted by Crippen LogP contribution is 2.32. The number of nitroso groups, excluding NO2 is 1. The Morgan fingerprint density at radius 3 is 2.74 bits per heavy atom. The van der Waals surface area contributed by atoms with E-state index in [1.165, 1.54) is 7.11 Å². The molecule has 35 heavy (non-hydrogen) atoms. The number of H-pyrrole nitrogens is 1. The summed E-state index contributed by atoms with van der Waals surface area (Å²) < 4.78 is 10.9. The minimum absolute atomic E-state index is 0.00303. The zero-order chi connectivity index (χ0) is 25.4. The summed E-state index contributed by atoms with van der Waals surface area (Å²) in [4.78, 5) is 28.0. The lowest BCUT2D eigenvalue weighted by Crippen LogP contribution is -2.34. The fourth-order valence-electron chi connectivity index (χ4n) is 3.22. The summed E-state index contributed by atoms with van der Waals surface area (Å²) in [7, 11) is 1.46. The summed E-state index contributed by atoms with van der Waals surface area (Å²) in [6.45, 7) is 5.49. The van der Waals surface area contributed by atoms with E-state index in [1.54, 1.807) is 30.5 Å². The van der Waals surface area contributed by atoms with Crippen LogP contribution in [0, 0.1) is 4.91 Å². The smallest absolute Gasteiger partial charge is 0.258 e. The van der Waals surface area contributed by atoms with Crippen LogP contribution in [0.4, 0.5) is 5.69 Å². The molecule has 0 aliphatic rings. The van der Waals surface area contributed by atoms with E-state index >= 15 is 0 Å². The van der Waals surface area contributed by atoms with Crippen LogP contribution >= 0.6 is 11.6 Å². The van der Waals surface area contributed by atoms with Gasteiger partial charge in [-0.2, -0.15) is 5.10 Å². The van der Waals surface area contributed by atoms with E-state index in [4.69, 9.17) is 21.1 Å². The number of hydrogen-bond acceptors (Lipinski definition) is 7. The first kappa shape index (κ1) is 25.7. The number of amides is 1. The minimum Gasteiger partial charge on any atom is -0.493 e. The van der Waals surface area contributed by atoms with Gasteiger partial charge in [-0.05, 0) is 61.9 Å². The quantitative estimate of drug-likeness (QED) is 0.205. The standard InChI is InChI=1S/C24H27ClN6O4/c1-5-6-21(28-18-9-8-17-16(23(18)25)12-26-30-17)29-24(31-33)15-7-10-19(20(11-15)34-4)35-13-22(32)27-14(2)3/h6-12,14,28H,5,13H2,1-4H3,(H,26,30)(H,27,32)/b21-6+,29-24-. The third-order valence-electron chi connectivity index (χ3n) is 4.76. The van der Waals surface area contributed by atoms with Crippen LogP contribution in [0.15, 0.2) is 58.6 Å². The summed E-state index contributed by atoms with van der Waals surface area (Å²) in [5.74, 6) is 0.758. The largest absolute Gasteiger partial charge is 0.493 e. The van der Waals surface area contributed by atoms with Crippen LogP contribution in [0.2, 0.25) is 5.02 Å². The number of aromatic amines is 1. The highest BCUT2D eigenvalue weighted by Gasteiger charge is 2.14. The van der Waals surface area contributed by atoms with Crippen LogP contribution in [0.25, 0.3) is 10.9 Å². The fraction of sp³-hybridized carbons (Fsp3) is 0.292. The molecule has 11 heteroatoms. The first-order chi connectivity index (χ1) is 16.9. The van der Waals surface area contributed by atoms with Gasteiger partial charge >= 0.3 is 0 Å². The number of hydrogen-bond donors (Lipinski definition) is 3. The van der Waals surface area contributed by atoms with Crippen molar-refractivity contribution in [2.75, 3.05) is 19.0 Å². The van der Waals surface area contributed by atoms with E-state index < -0.39 is 0 Å². The molecular formula is C24H27ClN6O4. The van der Waals surface area contributed by atoms with Gasteiger partial charge in [-0.15, -0.1) is 4.91 Å². The molecule has 0 aliphatic carbocycles. The van der Waals surface area contributed by atoms with Gasteiger partial charge in [-0.1, -0.05) is 18.5 Å². The number of carbonyl (C=O) groups is 1. The zero-order valence-electron chi connectivity index (χ0n) is 19.9. The number of aromatic nitrogens is 2. The van der Waals surface area contributed by atoms with Gasteiger partial charge in [0.25, 0.3) is 5.91 Å². The topological polar surface area (TPSA) is 130 Å². The number of nitrogens with one attached hydrogen (secondary N) is 3. The lowest BCUT2D eigenvalue weighted by Gasteiger charge is -2.13. The fourth-order valence-corrected chi connectivity index (χ4v) is 3.48. The molecule has 0 fully saturated rings. The van der Waals surface area contributed by atoms with Crippen LogP contribution in [-0.2, 0) is 4.79 Å². The van der Waals surface area contributed by atoms with Crippen molar-refractivity contribution in [3.63, 3.8) is 0 Å². The van der Waals surface area contributed by atoms with Crippen molar-refractivity contribution in [2.24, 2.45) is 10.2 Å².